The molecule has 0 fully saturated rings. The van der Waals surface area contributed by atoms with Gasteiger partial charge in [0.15, 0.2) is 17.5 Å². The van der Waals surface area contributed by atoms with Crippen LogP contribution in [0.15, 0.2) is 47.5 Å². The van der Waals surface area contributed by atoms with Gasteiger partial charge in [-0.15, -0.1) is 24.0 Å². The second-order valence-electron chi connectivity index (χ2n) is 5.99. The first kappa shape index (κ1) is 24.0. The fourth-order valence-corrected chi connectivity index (χ4v) is 2.61. The molecule has 1 unspecified atom stereocenters. The number of benzene rings is 2. The quantitative estimate of drug-likeness (QED) is 0.314. The molecule has 0 heterocycles. The van der Waals surface area contributed by atoms with Gasteiger partial charge in [0.05, 0.1) is 19.3 Å². The van der Waals surface area contributed by atoms with Gasteiger partial charge in [0.1, 0.15) is 5.82 Å². The molecule has 2 N–H and O–H groups in total. The molecule has 0 spiro atoms. The number of rotatable bonds is 8. The minimum atomic E-state index is -0.240. The lowest BCUT2D eigenvalue weighted by Crippen LogP contribution is -2.38. The summed E-state index contributed by atoms with van der Waals surface area (Å²) in [6.07, 6.45) is 0. The highest BCUT2D eigenvalue weighted by atomic mass is 127. The van der Waals surface area contributed by atoms with Crippen molar-refractivity contribution in [2.24, 2.45) is 4.99 Å². The Labute approximate surface area is 183 Å². The van der Waals surface area contributed by atoms with Gasteiger partial charge in [-0.05, 0) is 56.2 Å². The summed E-state index contributed by atoms with van der Waals surface area (Å²) in [5.41, 5.74) is 2.04. The van der Waals surface area contributed by atoms with E-state index in [0.717, 1.165) is 22.6 Å². The van der Waals surface area contributed by atoms with Crippen LogP contribution in [0.1, 0.15) is 37.9 Å². The van der Waals surface area contributed by atoms with Crippen molar-refractivity contribution in [2.45, 2.75) is 33.4 Å². The highest BCUT2D eigenvalue weighted by Gasteiger charge is 2.12. The van der Waals surface area contributed by atoms with Gasteiger partial charge in [0.25, 0.3) is 0 Å². The molecule has 0 aromatic heterocycles. The topological polar surface area (TPSA) is 54.9 Å². The lowest BCUT2D eigenvalue weighted by Gasteiger charge is -2.20. The van der Waals surface area contributed by atoms with E-state index >= 15 is 0 Å². The molecule has 2 aromatic carbocycles. The Morgan fingerprint density at radius 3 is 2.29 bits per heavy atom. The normalized spacial score (nSPS) is 12.0. The predicted molar refractivity (Wildman–Crippen MR) is 122 cm³/mol. The summed E-state index contributed by atoms with van der Waals surface area (Å²) in [5, 5.41) is 6.59. The molecule has 5 nitrogen and oxygen atoms in total. The third-order valence-electron chi connectivity index (χ3n) is 4.02. The first-order valence-corrected chi connectivity index (χ1v) is 9.18. The zero-order chi connectivity index (χ0) is 19.6. The highest BCUT2D eigenvalue weighted by molar-refractivity contribution is 14.0. The van der Waals surface area contributed by atoms with E-state index in [1.165, 1.54) is 12.1 Å². The number of nitrogens with one attached hydrogen (secondary N) is 2. The van der Waals surface area contributed by atoms with E-state index in [4.69, 9.17) is 9.47 Å². The van der Waals surface area contributed by atoms with Crippen molar-refractivity contribution in [3.8, 4) is 11.5 Å². The number of ether oxygens (including phenoxy) is 2. The van der Waals surface area contributed by atoms with Crippen LogP contribution in [0.2, 0.25) is 0 Å². The second-order valence-corrected chi connectivity index (χ2v) is 5.99. The standard InChI is InChI=1S/C21H28FN3O2.HI/c1-5-26-19-12-9-17(13-20(19)27-6-2)15(3)25-21(23-4)24-14-16-7-10-18(22)11-8-16;/h7-13,15H,5-6,14H2,1-4H3,(H2,23,24,25);1H. The summed E-state index contributed by atoms with van der Waals surface area (Å²) in [6, 6.07) is 12.3. The Morgan fingerprint density at radius 1 is 1.04 bits per heavy atom. The van der Waals surface area contributed by atoms with Crippen LogP contribution in [0.3, 0.4) is 0 Å². The number of halogens is 2. The van der Waals surface area contributed by atoms with E-state index in [1.807, 2.05) is 32.0 Å². The first-order chi connectivity index (χ1) is 13.1. The summed E-state index contributed by atoms with van der Waals surface area (Å²) in [5.74, 6) is 1.91. The van der Waals surface area contributed by atoms with E-state index in [1.54, 1.807) is 19.2 Å². The minimum absolute atomic E-state index is 0. The molecule has 0 amide bonds. The molecule has 0 bridgehead atoms. The predicted octanol–water partition coefficient (Wildman–Crippen LogP) is 4.67. The summed E-state index contributed by atoms with van der Waals surface area (Å²) < 4.78 is 24.3. The van der Waals surface area contributed by atoms with Crippen molar-refractivity contribution >= 4 is 29.9 Å². The fraction of sp³-hybridized carbons (Fsp3) is 0.381. The van der Waals surface area contributed by atoms with E-state index in [-0.39, 0.29) is 35.8 Å². The molecule has 0 saturated heterocycles. The van der Waals surface area contributed by atoms with Crippen LogP contribution in [-0.4, -0.2) is 26.2 Å². The number of hydrogen-bond donors (Lipinski definition) is 2. The molecule has 0 aliphatic carbocycles. The molecule has 2 rings (SSSR count). The SMILES string of the molecule is CCOc1ccc(C(C)NC(=NC)NCc2ccc(F)cc2)cc1OCC.I. The van der Waals surface area contributed by atoms with Crippen molar-refractivity contribution in [1.29, 1.82) is 0 Å². The van der Waals surface area contributed by atoms with Gasteiger partial charge < -0.3 is 20.1 Å². The Hall–Kier alpha value is -2.03. The lowest BCUT2D eigenvalue weighted by molar-refractivity contribution is 0.287. The van der Waals surface area contributed by atoms with E-state index in [9.17, 15) is 4.39 Å². The molecular weight excluding hydrogens is 472 g/mol. The zero-order valence-corrected chi connectivity index (χ0v) is 19.1. The third kappa shape index (κ3) is 7.18. The Balaban J connectivity index is 0.00000392. The smallest absolute Gasteiger partial charge is 0.191 e. The molecule has 154 valence electrons. The highest BCUT2D eigenvalue weighted by Crippen LogP contribution is 2.30. The van der Waals surface area contributed by atoms with Gasteiger partial charge >= 0.3 is 0 Å². The fourth-order valence-electron chi connectivity index (χ4n) is 2.61. The Morgan fingerprint density at radius 2 is 1.68 bits per heavy atom. The van der Waals surface area contributed by atoms with Crippen molar-refractivity contribution in [3.63, 3.8) is 0 Å². The van der Waals surface area contributed by atoms with Crippen molar-refractivity contribution in [3.05, 3.63) is 59.4 Å². The van der Waals surface area contributed by atoms with E-state index in [0.29, 0.717) is 25.7 Å². The number of guanidine groups is 1. The Bertz CT molecular complexity index is 754. The van der Waals surface area contributed by atoms with E-state index < -0.39 is 0 Å². The maximum absolute atomic E-state index is 13.0. The average molecular weight is 501 g/mol. The van der Waals surface area contributed by atoms with Gasteiger partial charge in [0, 0.05) is 13.6 Å². The number of hydrogen-bond acceptors (Lipinski definition) is 3. The maximum atomic E-state index is 13.0. The van der Waals surface area contributed by atoms with Crippen LogP contribution < -0.4 is 20.1 Å². The van der Waals surface area contributed by atoms with Crippen LogP contribution in [0.4, 0.5) is 4.39 Å². The second kappa shape index (κ2) is 12.4. The number of aliphatic imine (C=N–C) groups is 1. The molecule has 0 aliphatic rings. The molecule has 2 aromatic rings. The van der Waals surface area contributed by atoms with Crippen LogP contribution in [0.5, 0.6) is 11.5 Å². The summed E-state index contributed by atoms with van der Waals surface area (Å²) in [4.78, 5) is 4.26. The van der Waals surface area contributed by atoms with Crippen LogP contribution in [-0.2, 0) is 6.54 Å². The number of nitrogens with zero attached hydrogens (tertiary/aromatic N) is 1. The lowest BCUT2D eigenvalue weighted by atomic mass is 10.1. The summed E-state index contributed by atoms with van der Waals surface area (Å²) in [6.45, 7) is 7.67. The monoisotopic (exact) mass is 501 g/mol. The first-order valence-electron chi connectivity index (χ1n) is 9.18. The maximum Gasteiger partial charge on any atom is 0.191 e. The van der Waals surface area contributed by atoms with Gasteiger partial charge in [-0.25, -0.2) is 4.39 Å². The molecule has 0 saturated carbocycles. The van der Waals surface area contributed by atoms with Crippen LogP contribution in [0, 0.1) is 5.82 Å². The van der Waals surface area contributed by atoms with Crippen LogP contribution >= 0.6 is 24.0 Å². The van der Waals surface area contributed by atoms with Crippen molar-refractivity contribution in [1.82, 2.24) is 10.6 Å². The van der Waals surface area contributed by atoms with Crippen molar-refractivity contribution in [2.75, 3.05) is 20.3 Å². The van der Waals surface area contributed by atoms with Crippen molar-refractivity contribution < 1.29 is 13.9 Å². The Kier molecular flexibility index (Phi) is 10.7. The van der Waals surface area contributed by atoms with Gasteiger partial charge in [-0.3, -0.25) is 4.99 Å². The molecule has 0 aliphatic heterocycles. The summed E-state index contributed by atoms with van der Waals surface area (Å²) in [7, 11) is 1.72. The van der Waals surface area contributed by atoms with Gasteiger partial charge in [-0.2, -0.15) is 0 Å². The average Bonchev–Trinajstić information content (AvgIpc) is 2.68. The minimum Gasteiger partial charge on any atom is -0.490 e. The van der Waals surface area contributed by atoms with Gasteiger partial charge in [-0.1, -0.05) is 18.2 Å². The molecule has 7 heteroatoms. The van der Waals surface area contributed by atoms with Gasteiger partial charge in [0.2, 0.25) is 0 Å². The van der Waals surface area contributed by atoms with Crippen LogP contribution in [0.25, 0.3) is 0 Å². The molecule has 1 atom stereocenters. The largest absolute Gasteiger partial charge is 0.490 e. The molecular formula is C21H29FIN3O2. The summed E-state index contributed by atoms with van der Waals surface area (Å²) >= 11 is 0. The molecule has 28 heavy (non-hydrogen) atoms. The third-order valence-corrected chi connectivity index (χ3v) is 4.02. The van der Waals surface area contributed by atoms with E-state index in [2.05, 4.69) is 22.5 Å². The molecule has 0 radical (unpaired) electrons. The zero-order valence-electron chi connectivity index (χ0n) is 16.8.